The molecule has 0 aliphatic carbocycles. The highest BCUT2D eigenvalue weighted by Crippen LogP contribution is 2.23. The van der Waals surface area contributed by atoms with Crippen LogP contribution in [-0.4, -0.2) is 0 Å². The Morgan fingerprint density at radius 3 is 1.93 bits per heavy atom. The average molecular weight is 269 g/mol. The third-order valence-electron chi connectivity index (χ3n) is 2.10. The molecule has 2 aromatic carbocycles. The lowest BCUT2D eigenvalue weighted by molar-refractivity contribution is 0.509. The van der Waals surface area contributed by atoms with Crippen LogP contribution < -0.4 is 0 Å². The van der Waals surface area contributed by atoms with Crippen molar-refractivity contribution >= 4 is 15.9 Å². The van der Waals surface area contributed by atoms with Gasteiger partial charge in [-0.3, -0.25) is 0 Å². The zero-order valence-electron chi connectivity index (χ0n) is 7.68. The molecular weight excluding hydrogens is 262 g/mol. The van der Waals surface area contributed by atoms with Gasteiger partial charge in [0.15, 0.2) is 11.6 Å². The second-order valence-corrected chi connectivity index (χ2v) is 4.05. The lowest BCUT2D eigenvalue weighted by atomic mass is 10.1. The topological polar surface area (TPSA) is 0 Å². The normalized spacial score (nSPS) is 10.3. The average Bonchev–Trinajstić information content (AvgIpc) is 2.23. The maximum atomic E-state index is 13.0. The molecule has 0 aliphatic rings. The summed E-state index contributed by atoms with van der Waals surface area (Å²) in [6.07, 6.45) is 0. The Morgan fingerprint density at radius 1 is 0.733 bits per heavy atom. The molecule has 0 fully saturated rings. The van der Waals surface area contributed by atoms with Crippen LogP contribution in [-0.2, 0) is 0 Å². The summed E-state index contributed by atoms with van der Waals surface area (Å²) in [7, 11) is 0. The number of benzene rings is 2. The molecule has 0 N–H and O–H groups in total. The molecule has 0 bridgehead atoms. The monoisotopic (exact) mass is 268 g/mol. The van der Waals surface area contributed by atoms with Gasteiger partial charge in [0.2, 0.25) is 0 Å². The van der Waals surface area contributed by atoms with Gasteiger partial charge < -0.3 is 0 Å². The minimum Gasteiger partial charge on any atom is -0.204 e. The molecule has 2 aromatic rings. The zero-order valence-corrected chi connectivity index (χ0v) is 9.26. The first-order valence-electron chi connectivity index (χ1n) is 4.38. The predicted molar refractivity (Wildman–Crippen MR) is 59.5 cm³/mol. The van der Waals surface area contributed by atoms with Crippen molar-refractivity contribution in [2.24, 2.45) is 0 Å². The zero-order chi connectivity index (χ0) is 10.8. The van der Waals surface area contributed by atoms with Crippen molar-refractivity contribution in [1.82, 2.24) is 0 Å². The smallest absolute Gasteiger partial charge is 0.159 e. The molecule has 0 unspecified atom stereocenters. The molecule has 0 nitrogen and oxygen atoms in total. The van der Waals surface area contributed by atoms with E-state index in [0.717, 1.165) is 16.1 Å². The van der Waals surface area contributed by atoms with Gasteiger partial charge in [-0.25, -0.2) is 8.78 Å². The largest absolute Gasteiger partial charge is 0.204 e. The molecule has 2 rings (SSSR count). The summed E-state index contributed by atoms with van der Waals surface area (Å²) in [5.41, 5.74) is 1.53. The van der Waals surface area contributed by atoms with E-state index in [-0.39, 0.29) is 0 Å². The Hall–Kier alpha value is -1.22. The number of rotatable bonds is 1. The van der Waals surface area contributed by atoms with Gasteiger partial charge in [0, 0.05) is 4.47 Å². The first-order chi connectivity index (χ1) is 7.16. The van der Waals surface area contributed by atoms with E-state index in [4.69, 9.17) is 0 Å². The van der Waals surface area contributed by atoms with Crippen molar-refractivity contribution in [2.75, 3.05) is 0 Å². The number of hydrogen-bond acceptors (Lipinski definition) is 0. The van der Waals surface area contributed by atoms with Crippen molar-refractivity contribution in [3.05, 3.63) is 58.6 Å². The Balaban J connectivity index is 2.45. The first kappa shape index (κ1) is 10.3. The molecule has 0 atom stereocenters. The van der Waals surface area contributed by atoms with Crippen molar-refractivity contribution < 1.29 is 8.78 Å². The van der Waals surface area contributed by atoms with Gasteiger partial charge in [-0.1, -0.05) is 34.1 Å². The maximum Gasteiger partial charge on any atom is 0.159 e. The molecular formula is C12H7BrF2. The molecule has 0 aliphatic heterocycles. The third-order valence-corrected chi connectivity index (χ3v) is 2.63. The van der Waals surface area contributed by atoms with E-state index < -0.39 is 11.6 Å². The summed E-state index contributed by atoms with van der Waals surface area (Å²) < 4.78 is 26.6. The van der Waals surface area contributed by atoms with Gasteiger partial charge in [0.05, 0.1) is 0 Å². The lowest BCUT2D eigenvalue weighted by Crippen LogP contribution is -1.84. The second-order valence-electron chi connectivity index (χ2n) is 3.14. The highest BCUT2D eigenvalue weighted by atomic mass is 79.9. The molecule has 0 heterocycles. The molecule has 0 saturated carbocycles. The van der Waals surface area contributed by atoms with Crippen molar-refractivity contribution in [1.29, 1.82) is 0 Å². The van der Waals surface area contributed by atoms with E-state index in [9.17, 15) is 8.78 Å². The third kappa shape index (κ3) is 2.23. The van der Waals surface area contributed by atoms with E-state index in [1.165, 1.54) is 6.07 Å². The Morgan fingerprint density at radius 2 is 1.33 bits per heavy atom. The Kier molecular flexibility index (Phi) is 2.82. The maximum absolute atomic E-state index is 13.0. The quantitative estimate of drug-likeness (QED) is 0.720. The fourth-order valence-electron chi connectivity index (χ4n) is 1.32. The number of hydrogen-bond donors (Lipinski definition) is 0. The molecule has 0 amide bonds. The van der Waals surface area contributed by atoms with Gasteiger partial charge in [-0.15, -0.1) is 0 Å². The van der Waals surface area contributed by atoms with Crippen LogP contribution in [0, 0.1) is 11.6 Å². The van der Waals surface area contributed by atoms with Crippen LogP contribution in [0.3, 0.4) is 0 Å². The van der Waals surface area contributed by atoms with Gasteiger partial charge >= 0.3 is 0 Å². The highest BCUT2D eigenvalue weighted by molar-refractivity contribution is 9.10. The second kappa shape index (κ2) is 4.11. The Bertz CT molecular complexity index is 477. The summed E-state index contributed by atoms with van der Waals surface area (Å²) in [6, 6.07) is 11.3. The lowest BCUT2D eigenvalue weighted by Gasteiger charge is -2.02. The van der Waals surface area contributed by atoms with Gasteiger partial charge in [-0.2, -0.15) is 0 Å². The van der Waals surface area contributed by atoms with Crippen LogP contribution >= 0.6 is 15.9 Å². The van der Waals surface area contributed by atoms with Crippen LogP contribution in [0.5, 0.6) is 0 Å². The summed E-state index contributed by atoms with van der Waals surface area (Å²) in [6.45, 7) is 0. The molecule has 0 saturated heterocycles. The van der Waals surface area contributed by atoms with Crippen LogP contribution in [0.2, 0.25) is 0 Å². The van der Waals surface area contributed by atoms with E-state index >= 15 is 0 Å². The summed E-state index contributed by atoms with van der Waals surface area (Å²) in [5, 5.41) is 0. The predicted octanol–water partition coefficient (Wildman–Crippen LogP) is 4.39. The molecule has 0 aromatic heterocycles. The fraction of sp³-hybridized carbons (Fsp3) is 0. The van der Waals surface area contributed by atoms with Gasteiger partial charge in [-0.05, 0) is 35.4 Å². The standard InChI is InChI=1S/C12H7BrF2/c13-10-4-1-8(2-5-10)9-3-6-11(14)12(15)7-9/h1-7H. The van der Waals surface area contributed by atoms with Crippen LogP contribution in [0.25, 0.3) is 11.1 Å². The summed E-state index contributed by atoms with van der Waals surface area (Å²) >= 11 is 3.31. The van der Waals surface area contributed by atoms with Crippen LogP contribution in [0.1, 0.15) is 0 Å². The van der Waals surface area contributed by atoms with E-state index in [1.807, 2.05) is 24.3 Å². The van der Waals surface area contributed by atoms with Crippen molar-refractivity contribution in [3.63, 3.8) is 0 Å². The first-order valence-corrected chi connectivity index (χ1v) is 5.17. The Labute approximate surface area is 94.7 Å². The van der Waals surface area contributed by atoms with Crippen LogP contribution in [0.4, 0.5) is 8.78 Å². The molecule has 0 spiro atoms. The van der Waals surface area contributed by atoms with E-state index in [0.29, 0.717) is 5.56 Å². The SMILES string of the molecule is Fc1ccc(-c2ccc(Br)cc2)cc1F. The molecule has 15 heavy (non-hydrogen) atoms. The molecule has 0 radical (unpaired) electrons. The van der Waals surface area contributed by atoms with E-state index in [1.54, 1.807) is 6.07 Å². The van der Waals surface area contributed by atoms with Crippen molar-refractivity contribution in [2.45, 2.75) is 0 Å². The van der Waals surface area contributed by atoms with Crippen molar-refractivity contribution in [3.8, 4) is 11.1 Å². The summed E-state index contributed by atoms with van der Waals surface area (Å²) in [5.74, 6) is -1.65. The van der Waals surface area contributed by atoms with Gasteiger partial charge in [0.25, 0.3) is 0 Å². The van der Waals surface area contributed by atoms with Gasteiger partial charge in [0.1, 0.15) is 0 Å². The number of halogens is 3. The minimum atomic E-state index is -0.824. The van der Waals surface area contributed by atoms with Crippen LogP contribution in [0.15, 0.2) is 46.9 Å². The fourth-order valence-corrected chi connectivity index (χ4v) is 1.58. The molecule has 3 heteroatoms. The minimum absolute atomic E-state index is 0.668. The van der Waals surface area contributed by atoms with E-state index in [2.05, 4.69) is 15.9 Å². The molecule has 76 valence electrons. The highest BCUT2D eigenvalue weighted by Gasteiger charge is 2.03. The summed E-state index contributed by atoms with van der Waals surface area (Å²) in [4.78, 5) is 0.